The molecule has 0 aliphatic carbocycles. The summed E-state index contributed by atoms with van der Waals surface area (Å²) in [6, 6.07) is 2.41. The molecule has 1 unspecified atom stereocenters. The molecule has 2 rings (SSSR count). The van der Waals surface area contributed by atoms with Crippen LogP contribution in [-0.2, 0) is 11.3 Å². The first-order chi connectivity index (χ1) is 8.13. The van der Waals surface area contributed by atoms with E-state index in [0.717, 1.165) is 0 Å². The van der Waals surface area contributed by atoms with Gasteiger partial charge in [0.25, 0.3) is 5.91 Å². The third-order valence-electron chi connectivity index (χ3n) is 2.87. The molecule has 1 aliphatic heterocycles. The van der Waals surface area contributed by atoms with E-state index >= 15 is 0 Å². The van der Waals surface area contributed by atoms with Gasteiger partial charge in [-0.2, -0.15) is 0 Å². The van der Waals surface area contributed by atoms with Crippen LogP contribution in [0.2, 0.25) is 0 Å². The normalized spacial score (nSPS) is 19.6. The molecule has 1 aromatic rings. The number of furan rings is 1. The second-order valence-electron chi connectivity index (χ2n) is 3.96. The summed E-state index contributed by atoms with van der Waals surface area (Å²) in [5.41, 5.74) is 5.38. The van der Waals surface area contributed by atoms with E-state index in [9.17, 15) is 9.59 Å². The highest BCUT2D eigenvalue weighted by Gasteiger charge is 2.35. The SMILES string of the molecule is NCc1ccc(C(=O)N2CCCC2C(=O)O)o1. The zero-order chi connectivity index (χ0) is 12.4. The van der Waals surface area contributed by atoms with Crippen molar-refractivity contribution >= 4 is 11.9 Å². The van der Waals surface area contributed by atoms with Crippen molar-refractivity contribution in [1.82, 2.24) is 4.90 Å². The fourth-order valence-electron chi connectivity index (χ4n) is 2.01. The Labute approximate surface area is 98.0 Å². The molecule has 0 radical (unpaired) electrons. The number of nitrogens with zero attached hydrogens (tertiary/aromatic N) is 1. The van der Waals surface area contributed by atoms with Crippen molar-refractivity contribution in [3.8, 4) is 0 Å². The predicted octanol–water partition coefficient (Wildman–Crippen LogP) is 0.427. The second kappa shape index (κ2) is 4.58. The summed E-state index contributed by atoms with van der Waals surface area (Å²) < 4.78 is 5.23. The number of amides is 1. The molecule has 0 aromatic carbocycles. The van der Waals surface area contributed by atoms with Gasteiger partial charge in [-0.1, -0.05) is 0 Å². The number of carbonyl (C=O) groups excluding carboxylic acids is 1. The van der Waals surface area contributed by atoms with Crippen LogP contribution in [0.4, 0.5) is 0 Å². The second-order valence-corrected chi connectivity index (χ2v) is 3.96. The van der Waals surface area contributed by atoms with E-state index in [4.69, 9.17) is 15.3 Å². The van der Waals surface area contributed by atoms with E-state index in [2.05, 4.69) is 0 Å². The summed E-state index contributed by atoms with van der Waals surface area (Å²) in [5, 5.41) is 8.99. The largest absolute Gasteiger partial charge is 0.480 e. The van der Waals surface area contributed by atoms with Gasteiger partial charge in [-0.05, 0) is 25.0 Å². The van der Waals surface area contributed by atoms with Gasteiger partial charge in [0.2, 0.25) is 0 Å². The third kappa shape index (κ3) is 2.16. The topological polar surface area (TPSA) is 96.8 Å². The van der Waals surface area contributed by atoms with Gasteiger partial charge < -0.3 is 20.2 Å². The maximum Gasteiger partial charge on any atom is 0.326 e. The summed E-state index contributed by atoms with van der Waals surface area (Å²) in [7, 11) is 0. The quantitative estimate of drug-likeness (QED) is 0.795. The van der Waals surface area contributed by atoms with E-state index in [1.54, 1.807) is 6.07 Å². The molecule has 1 aromatic heterocycles. The Kier molecular flexibility index (Phi) is 3.14. The number of nitrogens with two attached hydrogens (primary N) is 1. The van der Waals surface area contributed by atoms with E-state index in [0.29, 0.717) is 25.1 Å². The highest BCUT2D eigenvalue weighted by atomic mass is 16.4. The summed E-state index contributed by atoms with van der Waals surface area (Å²) in [6.07, 6.45) is 1.19. The Hall–Kier alpha value is -1.82. The van der Waals surface area contributed by atoms with Crippen LogP contribution in [0.5, 0.6) is 0 Å². The molecule has 0 saturated carbocycles. The highest BCUT2D eigenvalue weighted by Crippen LogP contribution is 2.21. The van der Waals surface area contributed by atoms with Crippen molar-refractivity contribution in [2.24, 2.45) is 5.73 Å². The molecule has 6 nitrogen and oxygen atoms in total. The maximum absolute atomic E-state index is 12.0. The van der Waals surface area contributed by atoms with Gasteiger partial charge >= 0.3 is 5.97 Å². The Morgan fingerprint density at radius 1 is 1.53 bits per heavy atom. The van der Waals surface area contributed by atoms with Crippen LogP contribution in [0.25, 0.3) is 0 Å². The Balaban J connectivity index is 2.16. The number of carboxylic acid groups (broad SMARTS) is 1. The van der Waals surface area contributed by atoms with Crippen LogP contribution in [-0.4, -0.2) is 34.5 Å². The van der Waals surface area contributed by atoms with Gasteiger partial charge in [-0.15, -0.1) is 0 Å². The predicted molar refractivity (Wildman–Crippen MR) is 58.3 cm³/mol. The minimum absolute atomic E-state index is 0.151. The zero-order valence-corrected chi connectivity index (χ0v) is 9.26. The van der Waals surface area contributed by atoms with E-state index in [1.165, 1.54) is 11.0 Å². The fourth-order valence-corrected chi connectivity index (χ4v) is 2.01. The summed E-state index contributed by atoms with van der Waals surface area (Å²) in [5.74, 6) is -0.686. The van der Waals surface area contributed by atoms with Crippen LogP contribution < -0.4 is 5.73 Å². The van der Waals surface area contributed by atoms with Crippen LogP contribution in [0.1, 0.15) is 29.2 Å². The third-order valence-corrected chi connectivity index (χ3v) is 2.87. The average molecular weight is 238 g/mol. The van der Waals surface area contributed by atoms with Gasteiger partial charge in [0, 0.05) is 6.54 Å². The van der Waals surface area contributed by atoms with Crippen molar-refractivity contribution in [3.05, 3.63) is 23.7 Å². The molecule has 1 saturated heterocycles. The van der Waals surface area contributed by atoms with Crippen LogP contribution >= 0.6 is 0 Å². The first kappa shape index (κ1) is 11.7. The number of hydrogen-bond donors (Lipinski definition) is 2. The van der Waals surface area contributed by atoms with Crippen LogP contribution in [0.3, 0.4) is 0 Å². The standard InChI is InChI=1S/C11H14N2O4/c12-6-7-3-4-9(17-7)10(14)13-5-1-2-8(13)11(15)16/h3-4,8H,1-2,5-6,12H2,(H,15,16). The van der Waals surface area contributed by atoms with Crippen LogP contribution in [0, 0.1) is 0 Å². The first-order valence-corrected chi connectivity index (χ1v) is 5.46. The molecule has 2 heterocycles. The monoisotopic (exact) mass is 238 g/mol. The molecule has 6 heteroatoms. The van der Waals surface area contributed by atoms with Crippen LogP contribution in [0.15, 0.2) is 16.5 Å². The number of likely N-dealkylation sites (tertiary alicyclic amines) is 1. The van der Waals surface area contributed by atoms with E-state index in [-0.39, 0.29) is 18.2 Å². The number of carboxylic acids is 1. The number of carbonyl (C=O) groups is 2. The molecule has 92 valence electrons. The molecule has 1 amide bonds. The molecule has 1 aliphatic rings. The minimum Gasteiger partial charge on any atom is -0.480 e. The van der Waals surface area contributed by atoms with E-state index in [1.807, 2.05) is 0 Å². The lowest BCUT2D eigenvalue weighted by atomic mass is 10.2. The minimum atomic E-state index is -0.971. The van der Waals surface area contributed by atoms with Crippen molar-refractivity contribution in [2.45, 2.75) is 25.4 Å². The Morgan fingerprint density at radius 2 is 2.29 bits per heavy atom. The van der Waals surface area contributed by atoms with Crippen molar-refractivity contribution in [2.75, 3.05) is 6.54 Å². The van der Waals surface area contributed by atoms with Gasteiger partial charge in [-0.25, -0.2) is 4.79 Å². The number of hydrogen-bond acceptors (Lipinski definition) is 4. The molecule has 3 N–H and O–H groups in total. The number of aliphatic carboxylic acids is 1. The Bertz CT molecular complexity index is 440. The lowest BCUT2D eigenvalue weighted by molar-refractivity contribution is -0.141. The lowest BCUT2D eigenvalue weighted by Gasteiger charge is -2.19. The van der Waals surface area contributed by atoms with Crippen molar-refractivity contribution in [3.63, 3.8) is 0 Å². The molecular formula is C11H14N2O4. The molecule has 17 heavy (non-hydrogen) atoms. The molecule has 0 spiro atoms. The molecular weight excluding hydrogens is 224 g/mol. The molecule has 1 fully saturated rings. The number of rotatable bonds is 3. The van der Waals surface area contributed by atoms with Gasteiger partial charge in [0.15, 0.2) is 5.76 Å². The fraction of sp³-hybridized carbons (Fsp3) is 0.455. The molecule has 1 atom stereocenters. The molecule has 0 bridgehead atoms. The summed E-state index contributed by atoms with van der Waals surface area (Å²) >= 11 is 0. The summed E-state index contributed by atoms with van der Waals surface area (Å²) in [6.45, 7) is 0.671. The van der Waals surface area contributed by atoms with Gasteiger partial charge in [0.1, 0.15) is 11.8 Å². The van der Waals surface area contributed by atoms with Crippen molar-refractivity contribution < 1.29 is 19.1 Å². The van der Waals surface area contributed by atoms with E-state index < -0.39 is 12.0 Å². The average Bonchev–Trinajstić information content (AvgIpc) is 2.97. The zero-order valence-electron chi connectivity index (χ0n) is 9.26. The lowest BCUT2D eigenvalue weighted by Crippen LogP contribution is -2.40. The highest BCUT2D eigenvalue weighted by molar-refractivity contribution is 5.94. The van der Waals surface area contributed by atoms with Crippen molar-refractivity contribution in [1.29, 1.82) is 0 Å². The Morgan fingerprint density at radius 3 is 2.88 bits per heavy atom. The van der Waals surface area contributed by atoms with Gasteiger partial charge in [-0.3, -0.25) is 4.79 Å². The van der Waals surface area contributed by atoms with Gasteiger partial charge in [0.05, 0.1) is 6.54 Å². The first-order valence-electron chi connectivity index (χ1n) is 5.46. The maximum atomic E-state index is 12.0. The smallest absolute Gasteiger partial charge is 0.326 e. The summed E-state index contributed by atoms with van der Waals surface area (Å²) in [4.78, 5) is 24.3.